The highest BCUT2D eigenvalue weighted by Crippen LogP contribution is 2.30. The molecule has 2 aromatic rings. The molecule has 108 valence electrons. The van der Waals surface area contributed by atoms with Crippen molar-refractivity contribution in [3.63, 3.8) is 0 Å². The number of methoxy groups -OCH3 is 1. The molecule has 0 fully saturated rings. The first-order chi connectivity index (χ1) is 9.37. The number of hydrogen-bond acceptors (Lipinski definition) is 5. The lowest BCUT2D eigenvalue weighted by atomic mass is 10.1. The van der Waals surface area contributed by atoms with Gasteiger partial charge in [0.05, 0.1) is 12.0 Å². The quantitative estimate of drug-likeness (QED) is 0.870. The van der Waals surface area contributed by atoms with Crippen molar-refractivity contribution in [1.82, 2.24) is 4.98 Å². The molecular weight excluding hydrogens is 296 g/mol. The molecule has 0 spiro atoms. The third-order valence-electron chi connectivity index (χ3n) is 2.98. The van der Waals surface area contributed by atoms with Gasteiger partial charge < -0.3 is 4.74 Å². The fourth-order valence-electron chi connectivity index (χ4n) is 2.05. The van der Waals surface area contributed by atoms with Gasteiger partial charge in [0.1, 0.15) is 5.75 Å². The monoisotopic (exact) mass is 312 g/mol. The van der Waals surface area contributed by atoms with E-state index in [0.717, 1.165) is 0 Å². The van der Waals surface area contributed by atoms with E-state index in [1.54, 1.807) is 44.7 Å². The Morgan fingerprint density at radius 2 is 1.85 bits per heavy atom. The van der Waals surface area contributed by atoms with Crippen LogP contribution in [0.1, 0.15) is 11.1 Å². The maximum absolute atomic E-state index is 12.7. The topological polar surface area (TPSA) is 59.5 Å². The van der Waals surface area contributed by atoms with E-state index >= 15 is 0 Å². The second kappa shape index (κ2) is 5.41. The number of ether oxygens (including phenoxy) is 1. The van der Waals surface area contributed by atoms with Gasteiger partial charge in [0.25, 0.3) is 10.0 Å². The molecule has 1 heterocycles. The summed E-state index contributed by atoms with van der Waals surface area (Å²) in [4.78, 5) is 4.34. The van der Waals surface area contributed by atoms with Crippen molar-refractivity contribution in [1.29, 1.82) is 0 Å². The molecular formula is C13H16N2O3S2. The molecule has 0 aliphatic heterocycles. The Balaban J connectivity index is 2.55. The number of aromatic nitrogens is 1. The van der Waals surface area contributed by atoms with Gasteiger partial charge >= 0.3 is 0 Å². The van der Waals surface area contributed by atoms with E-state index in [-0.39, 0.29) is 0 Å². The summed E-state index contributed by atoms with van der Waals surface area (Å²) >= 11 is 1.28. The van der Waals surface area contributed by atoms with Crippen LogP contribution < -0.4 is 9.04 Å². The van der Waals surface area contributed by atoms with Crippen LogP contribution in [0.5, 0.6) is 5.75 Å². The van der Waals surface area contributed by atoms with Crippen molar-refractivity contribution in [2.24, 2.45) is 0 Å². The zero-order chi connectivity index (χ0) is 14.9. The number of nitrogens with zero attached hydrogens (tertiary/aromatic N) is 2. The highest BCUT2D eigenvalue weighted by molar-refractivity contribution is 7.93. The molecule has 7 heteroatoms. The number of anilines is 1. The fraction of sp³-hybridized carbons (Fsp3) is 0.308. The Hall–Kier alpha value is -1.60. The number of sulfonamides is 1. The van der Waals surface area contributed by atoms with Crippen molar-refractivity contribution < 1.29 is 13.2 Å². The first-order valence-corrected chi connectivity index (χ1v) is 8.23. The maximum Gasteiger partial charge on any atom is 0.266 e. The average molecular weight is 312 g/mol. The number of hydrogen-bond donors (Lipinski definition) is 0. The number of rotatable bonds is 4. The highest BCUT2D eigenvalue weighted by atomic mass is 32.2. The molecule has 0 aliphatic carbocycles. The predicted molar refractivity (Wildman–Crippen MR) is 80.2 cm³/mol. The lowest BCUT2D eigenvalue weighted by Gasteiger charge is -2.20. The van der Waals surface area contributed by atoms with Gasteiger partial charge in [-0.3, -0.25) is 0 Å². The van der Waals surface area contributed by atoms with Gasteiger partial charge in [-0.15, -0.1) is 11.3 Å². The van der Waals surface area contributed by atoms with E-state index in [1.807, 2.05) is 0 Å². The molecule has 0 amide bonds. The van der Waals surface area contributed by atoms with Crippen LogP contribution in [0.4, 0.5) is 5.13 Å². The molecule has 0 saturated heterocycles. The zero-order valence-corrected chi connectivity index (χ0v) is 13.4. The van der Waals surface area contributed by atoms with Gasteiger partial charge in [-0.05, 0) is 37.1 Å². The summed E-state index contributed by atoms with van der Waals surface area (Å²) in [5.74, 6) is 0.649. The molecule has 0 N–H and O–H groups in total. The van der Waals surface area contributed by atoms with Gasteiger partial charge in [0, 0.05) is 18.6 Å². The van der Waals surface area contributed by atoms with Crippen LogP contribution in [0.15, 0.2) is 28.6 Å². The molecule has 2 rings (SSSR count). The molecule has 0 bridgehead atoms. The van der Waals surface area contributed by atoms with Crippen LogP contribution in [-0.2, 0) is 10.0 Å². The van der Waals surface area contributed by atoms with Crippen LogP contribution in [0.3, 0.4) is 0 Å². The largest absolute Gasteiger partial charge is 0.497 e. The Morgan fingerprint density at radius 3 is 2.30 bits per heavy atom. The molecule has 1 aromatic heterocycles. The highest BCUT2D eigenvalue weighted by Gasteiger charge is 2.27. The Morgan fingerprint density at radius 1 is 1.25 bits per heavy atom. The van der Waals surface area contributed by atoms with Gasteiger partial charge in [-0.1, -0.05) is 0 Å². The molecule has 20 heavy (non-hydrogen) atoms. The van der Waals surface area contributed by atoms with Gasteiger partial charge in [-0.25, -0.2) is 17.7 Å². The molecule has 0 saturated carbocycles. The standard InChI is InChI=1S/C13H16N2O3S2/c1-9-7-11(18-4)8-10(2)12(9)20(16,17)15(3)13-14-5-6-19-13/h5-8H,1-4H3. The van der Waals surface area contributed by atoms with E-state index in [4.69, 9.17) is 4.74 Å². The third kappa shape index (κ3) is 2.51. The molecule has 0 atom stereocenters. The second-order valence-corrected chi connectivity index (χ2v) is 7.16. The maximum atomic E-state index is 12.7. The molecule has 1 aromatic carbocycles. The van der Waals surface area contributed by atoms with Crippen molar-refractivity contribution in [3.05, 3.63) is 34.8 Å². The van der Waals surface area contributed by atoms with Crippen molar-refractivity contribution >= 4 is 26.5 Å². The normalized spacial score (nSPS) is 11.4. The van der Waals surface area contributed by atoms with Crippen LogP contribution in [0.25, 0.3) is 0 Å². The minimum atomic E-state index is -3.62. The van der Waals surface area contributed by atoms with Crippen molar-refractivity contribution in [2.75, 3.05) is 18.5 Å². The summed E-state index contributed by atoms with van der Waals surface area (Å²) in [6.45, 7) is 3.52. The van der Waals surface area contributed by atoms with Crippen LogP contribution in [-0.4, -0.2) is 27.6 Å². The van der Waals surface area contributed by atoms with E-state index in [9.17, 15) is 8.42 Å². The van der Waals surface area contributed by atoms with Gasteiger partial charge in [0.15, 0.2) is 5.13 Å². The van der Waals surface area contributed by atoms with E-state index in [2.05, 4.69) is 4.98 Å². The second-order valence-electron chi connectivity index (χ2n) is 4.38. The minimum Gasteiger partial charge on any atom is -0.497 e. The van der Waals surface area contributed by atoms with Crippen molar-refractivity contribution in [3.8, 4) is 5.75 Å². The molecule has 0 unspecified atom stereocenters. The van der Waals surface area contributed by atoms with Gasteiger partial charge in [-0.2, -0.15) is 0 Å². The summed E-state index contributed by atoms with van der Waals surface area (Å²) in [5.41, 5.74) is 1.32. The van der Waals surface area contributed by atoms with E-state index < -0.39 is 10.0 Å². The molecule has 0 aliphatic rings. The third-order valence-corrected chi connectivity index (χ3v) is 5.99. The van der Waals surface area contributed by atoms with Crippen LogP contribution in [0, 0.1) is 13.8 Å². The summed E-state index contributed by atoms with van der Waals surface area (Å²) < 4.78 is 31.8. The van der Waals surface area contributed by atoms with E-state index in [0.29, 0.717) is 26.9 Å². The van der Waals surface area contributed by atoms with Crippen LogP contribution >= 0.6 is 11.3 Å². The van der Waals surface area contributed by atoms with Gasteiger partial charge in [0.2, 0.25) is 0 Å². The zero-order valence-electron chi connectivity index (χ0n) is 11.7. The summed E-state index contributed by atoms with van der Waals surface area (Å²) in [6.07, 6.45) is 1.58. The first kappa shape index (κ1) is 14.8. The summed E-state index contributed by atoms with van der Waals surface area (Å²) in [6, 6.07) is 3.44. The number of thiazole rings is 1. The average Bonchev–Trinajstić information content (AvgIpc) is 2.90. The Kier molecular flexibility index (Phi) is 4.01. The Bertz CT molecular complexity index is 686. The fourth-order valence-corrected chi connectivity index (χ4v) is 4.44. The molecule has 0 radical (unpaired) electrons. The van der Waals surface area contributed by atoms with E-state index in [1.165, 1.54) is 22.7 Å². The first-order valence-electron chi connectivity index (χ1n) is 5.91. The summed E-state index contributed by atoms with van der Waals surface area (Å²) in [7, 11) is -0.552. The SMILES string of the molecule is COc1cc(C)c(S(=O)(=O)N(C)c2nccs2)c(C)c1. The van der Waals surface area contributed by atoms with Crippen molar-refractivity contribution in [2.45, 2.75) is 18.7 Å². The van der Waals surface area contributed by atoms with Crippen LogP contribution in [0.2, 0.25) is 0 Å². The lowest BCUT2D eigenvalue weighted by Crippen LogP contribution is -2.27. The minimum absolute atomic E-state index is 0.302. The smallest absolute Gasteiger partial charge is 0.266 e. The number of aryl methyl sites for hydroxylation is 2. The predicted octanol–water partition coefficient (Wildman–Crippen LogP) is 2.59. The Labute approximate surface area is 122 Å². The number of benzene rings is 1. The summed E-state index contributed by atoms with van der Waals surface area (Å²) in [5, 5.41) is 2.19. The molecule has 5 nitrogen and oxygen atoms in total. The lowest BCUT2D eigenvalue weighted by molar-refractivity contribution is 0.413.